The Balaban J connectivity index is 1.57. The number of carbonyl (C=O) groups excluding carboxylic acids is 1. The van der Waals surface area contributed by atoms with Gasteiger partial charge in [-0.15, -0.1) is 0 Å². The first-order chi connectivity index (χ1) is 12.1. The fourth-order valence-electron chi connectivity index (χ4n) is 3.06. The van der Waals surface area contributed by atoms with Gasteiger partial charge >= 0.3 is 0 Å². The van der Waals surface area contributed by atoms with E-state index in [9.17, 15) is 4.79 Å². The van der Waals surface area contributed by atoms with Crippen LogP contribution >= 0.6 is 0 Å². The molecule has 0 unspecified atom stereocenters. The fourth-order valence-corrected chi connectivity index (χ4v) is 3.06. The summed E-state index contributed by atoms with van der Waals surface area (Å²) in [6, 6.07) is 6.13. The third kappa shape index (κ3) is 4.07. The number of hydrogen-bond acceptors (Lipinski definition) is 3. The van der Waals surface area contributed by atoms with Crippen LogP contribution in [0.5, 0.6) is 0 Å². The SMILES string of the molecule is CCN(CCc1nc2c(C)cccc2[nH]1)C(=O)CCc1cnn(C)c1. The van der Waals surface area contributed by atoms with E-state index in [2.05, 4.69) is 28.1 Å². The number of fused-ring (bicyclic) bond motifs is 1. The molecule has 6 nitrogen and oxygen atoms in total. The minimum atomic E-state index is 0.179. The Kier molecular flexibility index (Phi) is 5.16. The number of H-pyrrole nitrogens is 1. The molecule has 0 aliphatic heterocycles. The van der Waals surface area contributed by atoms with Crippen LogP contribution in [-0.2, 0) is 24.7 Å². The summed E-state index contributed by atoms with van der Waals surface area (Å²) in [5.74, 6) is 1.11. The topological polar surface area (TPSA) is 66.8 Å². The third-order valence-corrected chi connectivity index (χ3v) is 4.50. The number of imidazole rings is 1. The summed E-state index contributed by atoms with van der Waals surface area (Å²) in [5.41, 5.74) is 4.34. The van der Waals surface area contributed by atoms with Gasteiger partial charge in [-0.1, -0.05) is 12.1 Å². The maximum atomic E-state index is 12.5. The van der Waals surface area contributed by atoms with Crippen LogP contribution in [0.3, 0.4) is 0 Å². The molecule has 0 aliphatic rings. The normalized spacial score (nSPS) is 11.2. The van der Waals surface area contributed by atoms with E-state index in [1.807, 2.05) is 43.4 Å². The van der Waals surface area contributed by atoms with Gasteiger partial charge < -0.3 is 9.88 Å². The van der Waals surface area contributed by atoms with Crippen LogP contribution in [-0.4, -0.2) is 43.6 Å². The predicted octanol–water partition coefficient (Wildman–Crippen LogP) is 2.63. The van der Waals surface area contributed by atoms with Gasteiger partial charge in [0.1, 0.15) is 5.82 Å². The summed E-state index contributed by atoms with van der Waals surface area (Å²) >= 11 is 0. The summed E-state index contributed by atoms with van der Waals surface area (Å²) in [4.78, 5) is 22.4. The van der Waals surface area contributed by atoms with Crippen molar-refractivity contribution in [2.75, 3.05) is 13.1 Å². The van der Waals surface area contributed by atoms with Crippen molar-refractivity contribution in [2.45, 2.75) is 33.1 Å². The molecule has 3 rings (SSSR count). The van der Waals surface area contributed by atoms with Crippen molar-refractivity contribution in [1.29, 1.82) is 0 Å². The van der Waals surface area contributed by atoms with Crippen molar-refractivity contribution in [3.8, 4) is 0 Å². The number of amides is 1. The van der Waals surface area contributed by atoms with E-state index in [0.29, 0.717) is 19.5 Å². The molecular weight excluding hydrogens is 314 g/mol. The van der Waals surface area contributed by atoms with Crippen LogP contribution in [0.25, 0.3) is 11.0 Å². The van der Waals surface area contributed by atoms with Crippen molar-refractivity contribution < 1.29 is 4.79 Å². The second-order valence-corrected chi connectivity index (χ2v) is 6.40. The molecule has 2 aromatic heterocycles. The van der Waals surface area contributed by atoms with Crippen LogP contribution in [0.15, 0.2) is 30.6 Å². The summed E-state index contributed by atoms with van der Waals surface area (Å²) in [5, 5.41) is 4.14. The molecule has 0 radical (unpaired) electrons. The van der Waals surface area contributed by atoms with Gasteiger partial charge in [0.05, 0.1) is 17.2 Å². The third-order valence-electron chi connectivity index (χ3n) is 4.50. The van der Waals surface area contributed by atoms with Gasteiger partial charge in [-0.25, -0.2) is 4.98 Å². The molecule has 0 atom stereocenters. The van der Waals surface area contributed by atoms with Crippen LogP contribution < -0.4 is 0 Å². The van der Waals surface area contributed by atoms with Gasteiger partial charge in [0.2, 0.25) is 5.91 Å². The summed E-state index contributed by atoms with van der Waals surface area (Å²) in [7, 11) is 1.89. The molecule has 132 valence electrons. The standard InChI is InChI=1S/C19H25N5O/c1-4-24(18(25)9-8-15-12-20-23(3)13-15)11-10-17-21-16-7-5-6-14(2)19(16)22-17/h5-7,12-13H,4,8-11H2,1-3H3,(H,21,22). The minimum absolute atomic E-state index is 0.179. The summed E-state index contributed by atoms with van der Waals surface area (Å²) in [6.45, 7) is 5.48. The lowest BCUT2D eigenvalue weighted by molar-refractivity contribution is -0.130. The van der Waals surface area contributed by atoms with Crippen LogP contribution in [0, 0.1) is 6.92 Å². The van der Waals surface area contributed by atoms with Crippen LogP contribution in [0.4, 0.5) is 0 Å². The number of nitrogens with one attached hydrogen (secondary N) is 1. The lowest BCUT2D eigenvalue weighted by Crippen LogP contribution is -2.33. The minimum Gasteiger partial charge on any atom is -0.343 e. The lowest BCUT2D eigenvalue weighted by atomic mass is 10.2. The number of aryl methyl sites for hydroxylation is 3. The Labute approximate surface area is 147 Å². The van der Waals surface area contributed by atoms with Gasteiger partial charge in [-0.2, -0.15) is 5.10 Å². The molecule has 6 heteroatoms. The fraction of sp³-hybridized carbons (Fsp3) is 0.421. The highest BCUT2D eigenvalue weighted by atomic mass is 16.2. The van der Waals surface area contributed by atoms with E-state index in [-0.39, 0.29) is 5.91 Å². The molecule has 1 aromatic carbocycles. The second kappa shape index (κ2) is 7.51. The zero-order valence-electron chi connectivity index (χ0n) is 15.1. The first kappa shape index (κ1) is 17.2. The molecule has 3 aromatic rings. The van der Waals surface area contributed by atoms with Gasteiger partial charge in [0.15, 0.2) is 0 Å². The number of aromatic amines is 1. The van der Waals surface area contributed by atoms with Gasteiger partial charge in [-0.05, 0) is 37.5 Å². The molecule has 0 fully saturated rings. The average molecular weight is 339 g/mol. The molecule has 25 heavy (non-hydrogen) atoms. The number of para-hydroxylation sites is 1. The maximum absolute atomic E-state index is 12.5. The molecular formula is C19H25N5O. The van der Waals surface area contributed by atoms with E-state index in [0.717, 1.165) is 35.3 Å². The smallest absolute Gasteiger partial charge is 0.222 e. The van der Waals surface area contributed by atoms with Crippen molar-refractivity contribution >= 4 is 16.9 Å². The van der Waals surface area contributed by atoms with E-state index >= 15 is 0 Å². The number of nitrogens with zero attached hydrogens (tertiary/aromatic N) is 4. The average Bonchev–Trinajstić information content (AvgIpc) is 3.20. The molecule has 0 aliphatic carbocycles. The van der Waals surface area contributed by atoms with Gasteiger partial charge in [-0.3, -0.25) is 9.48 Å². The Morgan fingerprint density at radius 1 is 1.32 bits per heavy atom. The number of likely N-dealkylation sites (N-methyl/N-ethyl adjacent to an activating group) is 1. The van der Waals surface area contributed by atoms with Crippen molar-refractivity contribution in [3.63, 3.8) is 0 Å². The molecule has 0 spiro atoms. The Hall–Kier alpha value is -2.63. The Morgan fingerprint density at radius 2 is 2.16 bits per heavy atom. The number of carbonyl (C=O) groups is 1. The molecule has 1 amide bonds. The lowest BCUT2D eigenvalue weighted by Gasteiger charge is -2.20. The van der Waals surface area contributed by atoms with Crippen molar-refractivity contribution in [3.05, 3.63) is 47.5 Å². The molecule has 1 N–H and O–H groups in total. The largest absolute Gasteiger partial charge is 0.343 e. The van der Waals surface area contributed by atoms with E-state index < -0.39 is 0 Å². The number of benzene rings is 1. The van der Waals surface area contributed by atoms with E-state index in [4.69, 9.17) is 0 Å². The zero-order chi connectivity index (χ0) is 17.8. The van der Waals surface area contributed by atoms with E-state index in [1.165, 1.54) is 5.56 Å². The van der Waals surface area contributed by atoms with Crippen molar-refractivity contribution in [1.82, 2.24) is 24.6 Å². The highest BCUT2D eigenvalue weighted by Gasteiger charge is 2.13. The second-order valence-electron chi connectivity index (χ2n) is 6.40. The summed E-state index contributed by atoms with van der Waals surface area (Å²) < 4.78 is 1.76. The van der Waals surface area contributed by atoms with E-state index in [1.54, 1.807) is 4.68 Å². The quantitative estimate of drug-likeness (QED) is 0.719. The molecule has 0 bridgehead atoms. The molecule has 0 saturated carbocycles. The summed E-state index contributed by atoms with van der Waals surface area (Å²) in [6.07, 6.45) is 5.76. The number of aromatic nitrogens is 4. The van der Waals surface area contributed by atoms with Gasteiger partial charge in [0, 0.05) is 39.2 Å². The van der Waals surface area contributed by atoms with Crippen LogP contribution in [0.2, 0.25) is 0 Å². The number of hydrogen-bond donors (Lipinski definition) is 1. The monoisotopic (exact) mass is 339 g/mol. The Morgan fingerprint density at radius 3 is 2.84 bits per heavy atom. The van der Waals surface area contributed by atoms with Gasteiger partial charge in [0.25, 0.3) is 0 Å². The molecule has 0 saturated heterocycles. The highest BCUT2D eigenvalue weighted by molar-refractivity contribution is 5.78. The maximum Gasteiger partial charge on any atom is 0.222 e. The first-order valence-corrected chi connectivity index (χ1v) is 8.76. The number of rotatable bonds is 7. The predicted molar refractivity (Wildman–Crippen MR) is 98.3 cm³/mol. The highest BCUT2D eigenvalue weighted by Crippen LogP contribution is 2.16. The zero-order valence-corrected chi connectivity index (χ0v) is 15.1. The molecule has 2 heterocycles. The Bertz CT molecular complexity index is 864. The van der Waals surface area contributed by atoms with Crippen LogP contribution in [0.1, 0.15) is 30.3 Å². The first-order valence-electron chi connectivity index (χ1n) is 8.76. The van der Waals surface area contributed by atoms with Crippen molar-refractivity contribution in [2.24, 2.45) is 7.05 Å².